The van der Waals surface area contributed by atoms with Crippen LogP contribution in [0.1, 0.15) is 30.5 Å². The van der Waals surface area contributed by atoms with E-state index in [1.807, 2.05) is 0 Å². The number of aromatic nitrogens is 1. The Kier molecular flexibility index (Phi) is 4.11. The topological polar surface area (TPSA) is 28.2 Å². The Hall–Kier alpha value is -0.450. The van der Waals surface area contributed by atoms with Crippen molar-refractivity contribution in [2.75, 3.05) is 19.6 Å². The number of nitrogens with zero attached hydrogens (tertiary/aromatic N) is 2. The Bertz CT molecular complexity index is 292. The van der Waals surface area contributed by atoms with Crippen LogP contribution < -0.4 is 5.32 Å². The molecule has 15 heavy (non-hydrogen) atoms. The van der Waals surface area contributed by atoms with Gasteiger partial charge in [-0.25, -0.2) is 4.98 Å². The molecule has 0 atom stereocenters. The third-order valence-electron chi connectivity index (χ3n) is 2.71. The molecule has 1 aromatic heterocycles. The van der Waals surface area contributed by atoms with Crippen LogP contribution in [0.4, 0.5) is 0 Å². The Morgan fingerprint density at radius 1 is 1.47 bits per heavy atom. The highest BCUT2D eigenvalue weighted by molar-refractivity contribution is 7.09. The molecule has 0 bridgehead atoms. The van der Waals surface area contributed by atoms with Crippen LogP contribution in [-0.4, -0.2) is 29.5 Å². The zero-order valence-corrected chi connectivity index (χ0v) is 10.1. The van der Waals surface area contributed by atoms with Crippen LogP contribution in [-0.2, 0) is 13.1 Å². The van der Waals surface area contributed by atoms with E-state index in [-0.39, 0.29) is 0 Å². The van der Waals surface area contributed by atoms with Crippen molar-refractivity contribution in [2.45, 2.75) is 32.9 Å². The van der Waals surface area contributed by atoms with Crippen LogP contribution in [0.15, 0.2) is 5.38 Å². The van der Waals surface area contributed by atoms with Crippen molar-refractivity contribution in [3.63, 3.8) is 0 Å². The molecule has 3 nitrogen and oxygen atoms in total. The van der Waals surface area contributed by atoms with Gasteiger partial charge in [0, 0.05) is 11.9 Å². The minimum Gasteiger partial charge on any atom is -0.311 e. The van der Waals surface area contributed by atoms with Crippen LogP contribution in [0.5, 0.6) is 0 Å². The molecule has 0 aliphatic carbocycles. The zero-order valence-electron chi connectivity index (χ0n) is 9.33. The van der Waals surface area contributed by atoms with Crippen molar-refractivity contribution in [3.05, 3.63) is 16.1 Å². The van der Waals surface area contributed by atoms with Crippen LogP contribution in [0.3, 0.4) is 0 Å². The fraction of sp³-hybridized carbons (Fsp3) is 0.727. The van der Waals surface area contributed by atoms with E-state index < -0.39 is 0 Å². The first-order valence-corrected chi connectivity index (χ1v) is 6.63. The molecular formula is C11H19N3S. The molecular weight excluding hydrogens is 206 g/mol. The quantitative estimate of drug-likeness (QED) is 0.829. The Labute approximate surface area is 95.5 Å². The van der Waals surface area contributed by atoms with Gasteiger partial charge in [-0.15, -0.1) is 11.3 Å². The van der Waals surface area contributed by atoms with Crippen LogP contribution >= 0.6 is 11.3 Å². The van der Waals surface area contributed by atoms with E-state index in [9.17, 15) is 0 Å². The Morgan fingerprint density at radius 2 is 2.27 bits per heavy atom. The fourth-order valence-electron chi connectivity index (χ4n) is 1.89. The van der Waals surface area contributed by atoms with E-state index in [1.165, 1.54) is 36.6 Å². The van der Waals surface area contributed by atoms with Gasteiger partial charge in [0.25, 0.3) is 0 Å². The van der Waals surface area contributed by atoms with Gasteiger partial charge in [0.05, 0.1) is 12.2 Å². The lowest BCUT2D eigenvalue weighted by Gasteiger charge is -2.11. The molecule has 1 fully saturated rings. The molecule has 4 heteroatoms. The van der Waals surface area contributed by atoms with Gasteiger partial charge in [0.2, 0.25) is 0 Å². The molecule has 1 saturated heterocycles. The minimum atomic E-state index is 0.910. The maximum absolute atomic E-state index is 4.63. The van der Waals surface area contributed by atoms with E-state index in [0.717, 1.165) is 19.6 Å². The van der Waals surface area contributed by atoms with Gasteiger partial charge < -0.3 is 5.32 Å². The fourth-order valence-corrected chi connectivity index (χ4v) is 2.72. The molecule has 2 heterocycles. The Morgan fingerprint density at radius 3 is 3.00 bits per heavy atom. The van der Waals surface area contributed by atoms with Crippen LogP contribution in [0.2, 0.25) is 0 Å². The standard InChI is InChI=1S/C11H19N3S/c1-2-12-7-10-9-15-11(13-10)8-14-5-3-4-6-14/h9,12H,2-8H2,1H3. The first-order valence-electron chi connectivity index (χ1n) is 5.75. The molecule has 0 saturated carbocycles. The summed E-state index contributed by atoms with van der Waals surface area (Å²) in [4.78, 5) is 7.12. The molecule has 0 unspecified atom stereocenters. The summed E-state index contributed by atoms with van der Waals surface area (Å²) in [5.41, 5.74) is 1.19. The molecule has 84 valence electrons. The summed E-state index contributed by atoms with van der Waals surface area (Å²) in [6.45, 7) is 7.60. The number of rotatable bonds is 5. The number of thiazole rings is 1. The summed E-state index contributed by atoms with van der Waals surface area (Å²) in [6, 6.07) is 0. The summed E-state index contributed by atoms with van der Waals surface area (Å²) in [7, 11) is 0. The summed E-state index contributed by atoms with van der Waals surface area (Å²) >= 11 is 1.79. The van der Waals surface area contributed by atoms with E-state index >= 15 is 0 Å². The minimum absolute atomic E-state index is 0.910. The normalized spacial score (nSPS) is 17.4. The smallest absolute Gasteiger partial charge is 0.107 e. The lowest BCUT2D eigenvalue weighted by atomic mass is 10.4. The molecule has 0 amide bonds. The molecule has 2 rings (SSSR count). The maximum Gasteiger partial charge on any atom is 0.107 e. The van der Waals surface area contributed by atoms with Crippen LogP contribution in [0.25, 0.3) is 0 Å². The van der Waals surface area contributed by atoms with Gasteiger partial charge in [-0.05, 0) is 32.5 Å². The zero-order chi connectivity index (χ0) is 10.5. The highest BCUT2D eigenvalue weighted by Crippen LogP contribution is 2.16. The highest BCUT2D eigenvalue weighted by Gasteiger charge is 2.13. The summed E-state index contributed by atoms with van der Waals surface area (Å²) in [5, 5.41) is 6.75. The molecule has 0 spiro atoms. The monoisotopic (exact) mass is 225 g/mol. The van der Waals surface area contributed by atoms with Crippen molar-refractivity contribution in [1.29, 1.82) is 0 Å². The predicted octanol–water partition coefficient (Wildman–Crippen LogP) is 1.85. The van der Waals surface area contributed by atoms with Crippen molar-refractivity contribution >= 4 is 11.3 Å². The van der Waals surface area contributed by atoms with Crippen molar-refractivity contribution < 1.29 is 0 Å². The first-order chi connectivity index (χ1) is 7.38. The van der Waals surface area contributed by atoms with Gasteiger partial charge in [-0.3, -0.25) is 4.90 Å². The van der Waals surface area contributed by atoms with E-state index in [0.29, 0.717) is 0 Å². The SMILES string of the molecule is CCNCc1csc(CN2CCCC2)n1. The molecule has 1 aliphatic heterocycles. The van der Waals surface area contributed by atoms with Gasteiger partial charge >= 0.3 is 0 Å². The number of likely N-dealkylation sites (tertiary alicyclic amines) is 1. The number of nitrogens with one attached hydrogen (secondary N) is 1. The van der Waals surface area contributed by atoms with Crippen LogP contribution in [0, 0.1) is 0 Å². The van der Waals surface area contributed by atoms with Crippen molar-refractivity contribution in [2.24, 2.45) is 0 Å². The highest BCUT2D eigenvalue weighted by atomic mass is 32.1. The van der Waals surface area contributed by atoms with Crippen molar-refractivity contribution in [1.82, 2.24) is 15.2 Å². The summed E-state index contributed by atoms with van der Waals surface area (Å²) < 4.78 is 0. The molecule has 0 aromatic carbocycles. The lowest BCUT2D eigenvalue weighted by Crippen LogP contribution is -2.18. The van der Waals surface area contributed by atoms with E-state index in [4.69, 9.17) is 0 Å². The predicted molar refractivity (Wildman–Crippen MR) is 64.0 cm³/mol. The van der Waals surface area contributed by atoms with Gasteiger partial charge in [-0.2, -0.15) is 0 Å². The third kappa shape index (κ3) is 3.26. The van der Waals surface area contributed by atoms with Gasteiger partial charge in [0.15, 0.2) is 0 Å². The largest absolute Gasteiger partial charge is 0.311 e. The molecule has 1 aliphatic rings. The summed E-state index contributed by atoms with van der Waals surface area (Å²) in [5.74, 6) is 0. The van der Waals surface area contributed by atoms with Gasteiger partial charge in [0.1, 0.15) is 5.01 Å². The van der Waals surface area contributed by atoms with E-state index in [2.05, 4.69) is 27.5 Å². The average molecular weight is 225 g/mol. The third-order valence-corrected chi connectivity index (χ3v) is 3.60. The second kappa shape index (κ2) is 5.58. The first kappa shape index (κ1) is 11.0. The second-order valence-corrected chi connectivity index (χ2v) is 4.94. The van der Waals surface area contributed by atoms with Crippen molar-refractivity contribution in [3.8, 4) is 0 Å². The second-order valence-electron chi connectivity index (χ2n) is 4.00. The van der Waals surface area contributed by atoms with Gasteiger partial charge in [-0.1, -0.05) is 6.92 Å². The molecule has 1 aromatic rings. The molecule has 1 N–H and O–H groups in total. The Balaban J connectivity index is 1.83. The molecule has 0 radical (unpaired) electrons. The van der Waals surface area contributed by atoms with E-state index in [1.54, 1.807) is 11.3 Å². The average Bonchev–Trinajstić information content (AvgIpc) is 2.87. The summed E-state index contributed by atoms with van der Waals surface area (Å²) in [6.07, 6.45) is 2.71. The number of hydrogen-bond donors (Lipinski definition) is 1. The number of hydrogen-bond acceptors (Lipinski definition) is 4. The lowest BCUT2D eigenvalue weighted by molar-refractivity contribution is 0.330. The maximum atomic E-state index is 4.63.